The third kappa shape index (κ3) is 6.71. The molecule has 0 aliphatic carbocycles. The fraction of sp³-hybridized carbons (Fsp3) is 0.250. The van der Waals surface area contributed by atoms with Crippen molar-refractivity contribution < 1.29 is 14.3 Å². The maximum Gasteiger partial charge on any atom is 0.337 e. The minimum absolute atomic E-state index is 0.237. The van der Waals surface area contributed by atoms with E-state index in [1.807, 2.05) is 50.2 Å². The summed E-state index contributed by atoms with van der Waals surface area (Å²) in [5, 5.41) is 7.65. The Hall–Kier alpha value is -2.93. The van der Waals surface area contributed by atoms with Crippen molar-refractivity contribution in [2.24, 2.45) is 5.10 Å². The van der Waals surface area contributed by atoms with Gasteiger partial charge in [0.25, 0.3) is 0 Å². The highest BCUT2D eigenvalue weighted by Crippen LogP contribution is 2.18. The number of methoxy groups -OCH3 is 1. The number of ether oxygens (including phenoxy) is 2. The Morgan fingerprint density at radius 3 is 2.56 bits per heavy atom. The van der Waals surface area contributed by atoms with Crippen LogP contribution in [0.5, 0.6) is 5.75 Å². The van der Waals surface area contributed by atoms with Gasteiger partial charge < -0.3 is 14.8 Å². The molecule has 0 aromatic heterocycles. The van der Waals surface area contributed by atoms with Gasteiger partial charge in [-0.25, -0.2) is 4.79 Å². The molecule has 0 aliphatic rings. The first kappa shape index (κ1) is 20.4. The molecule has 0 radical (unpaired) electrons. The van der Waals surface area contributed by atoms with Crippen LogP contribution in [0.1, 0.15) is 35.3 Å². The van der Waals surface area contributed by atoms with E-state index in [-0.39, 0.29) is 12.0 Å². The molecule has 2 aromatic carbocycles. The lowest BCUT2D eigenvalue weighted by molar-refractivity contribution is 0.0600. The quantitative estimate of drug-likeness (QED) is 0.330. The van der Waals surface area contributed by atoms with E-state index in [1.54, 1.807) is 18.3 Å². The van der Waals surface area contributed by atoms with E-state index < -0.39 is 0 Å². The van der Waals surface area contributed by atoms with Crippen LogP contribution in [0.2, 0.25) is 0 Å². The van der Waals surface area contributed by atoms with Gasteiger partial charge in [0.05, 0.1) is 18.9 Å². The smallest absolute Gasteiger partial charge is 0.337 e. The monoisotopic (exact) mass is 385 g/mol. The highest BCUT2D eigenvalue weighted by molar-refractivity contribution is 7.80. The zero-order valence-corrected chi connectivity index (χ0v) is 16.4. The van der Waals surface area contributed by atoms with Crippen LogP contribution in [0.25, 0.3) is 0 Å². The molecule has 0 aliphatic heterocycles. The second-order valence-corrected chi connectivity index (χ2v) is 6.42. The van der Waals surface area contributed by atoms with E-state index in [2.05, 4.69) is 15.8 Å². The van der Waals surface area contributed by atoms with E-state index in [9.17, 15) is 4.79 Å². The number of hydrazone groups is 1. The maximum atomic E-state index is 11.5. The Morgan fingerprint density at radius 1 is 1.19 bits per heavy atom. The van der Waals surface area contributed by atoms with Crippen LogP contribution in [0.15, 0.2) is 53.6 Å². The van der Waals surface area contributed by atoms with E-state index in [4.69, 9.17) is 21.7 Å². The number of hydrogen-bond donors (Lipinski definition) is 2. The van der Waals surface area contributed by atoms with Crippen molar-refractivity contribution in [3.63, 3.8) is 0 Å². The number of carbonyl (C=O) groups excluding carboxylic acids is 1. The average Bonchev–Trinajstić information content (AvgIpc) is 2.66. The standard InChI is InChI=1S/C20H23N3O3S/c1-14(2)22-20(27)23-21-12-17-6-4-5-7-18(17)26-13-15-8-10-16(11-9-15)19(24)25-3/h4-12,14H,13H2,1-3H3,(H2,22,23,27)/b21-12-. The van der Waals surface area contributed by atoms with Gasteiger partial charge in [-0.15, -0.1) is 0 Å². The average molecular weight is 385 g/mol. The first-order valence-electron chi connectivity index (χ1n) is 8.48. The Balaban J connectivity index is 1.97. The number of thiocarbonyl (C=S) groups is 1. The van der Waals surface area contributed by atoms with Crippen LogP contribution in [0, 0.1) is 0 Å². The van der Waals surface area contributed by atoms with Crippen molar-refractivity contribution in [3.05, 3.63) is 65.2 Å². The molecule has 142 valence electrons. The van der Waals surface area contributed by atoms with Gasteiger partial charge in [0.2, 0.25) is 0 Å². The summed E-state index contributed by atoms with van der Waals surface area (Å²) in [7, 11) is 1.36. The second kappa shape index (κ2) is 10.3. The molecule has 0 fully saturated rings. The van der Waals surface area contributed by atoms with Gasteiger partial charge in [0.15, 0.2) is 5.11 Å². The lowest BCUT2D eigenvalue weighted by Crippen LogP contribution is -2.36. The molecular formula is C20H23N3O3S. The number of esters is 1. The lowest BCUT2D eigenvalue weighted by atomic mass is 10.1. The van der Waals surface area contributed by atoms with Crippen molar-refractivity contribution in [1.29, 1.82) is 0 Å². The number of hydrogen-bond acceptors (Lipinski definition) is 5. The van der Waals surface area contributed by atoms with Crippen molar-refractivity contribution in [2.45, 2.75) is 26.5 Å². The summed E-state index contributed by atoms with van der Waals surface area (Å²) in [6, 6.07) is 14.9. The lowest BCUT2D eigenvalue weighted by Gasteiger charge is -2.11. The Labute approximate surface area is 164 Å². The van der Waals surface area contributed by atoms with Gasteiger partial charge >= 0.3 is 5.97 Å². The number of nitrogens with zero attached hydrogens (tertiary/aromatic N) is 1. The van der Waals surface area contributed by atoms with Gasteiger partial charge in [0, 0.05) is 11.6 Å². The number of carbonyl (C=O) groups is 1. The van der Waals surface area contributed by atoms with Gasteiger partial charge in [-0.2, -0.15) is 5.10 Å². The van der Waals surface area contributed by atoms with Crippen molar-refractivity contribution in [1.82, 2.24) is 10.7 Å². The number of rotatable bonds is 7. The first-order valence-corrected chi connectivity index (χ1v) is 8.89. The normalized spacial score (nSPS) is 10.7. The molecule has 0 unspecified atom stereocenters. The SMILES string of the molecule is COC(=O)c1ccc(COc2ccccc2/C=N\NC(=S)NC(C)C)cc1. The van der Waals surface area contributed by atoms with Crippen molar-refractivity contribution >= 4 is 29.5 Å². The zero-order chi connectivity index (χ0) is 19.6. The summed E-state index contributed by atoms with van der Waals surface area (Å²) in [5.74, 6) is 0.337. The van der Waals surface area contributed by atoms with E-state index in [0.717, 1.165) is 11.1 Å². The third-order valence-corrected chi connectivity index (χ3v) is 3.69. The van der Waals surface area contributed by atoms with Crippen molar-refractivity contribution in [2.75, 3.05) is 7.11 Å². The van der Waals surface area contributed by atoms with E-state index >= 15 is 0 Å². The largest absolute Gasteiger partial charge is 0.488 e. The fourth-order valence-electron chi connectivity index (χ4n) is 2.19. The summed E-state index contributed by atoms with van der Waals surface area (Å²) in [5.41, 5.74) is 5.04. The number of para-hydroxylation sites is 1. The second-order valence-electron chi connectivity index (χ2n) is 6.01. The van der Waals surface area contributed by atoms with Gasteiger partial charge in [-0.3, -0.25) is 5.43 Å². The molecule has 0 saturated heterocycles. The Morgan fingerprint density at radius 2 is 1.89 bits per heavy atom. The Bertz CT molecular complexity index is 804. The number of benzene rings is 2. The van der Waals surface area contributed by atoms with Crippen LogP contribution < -0.4 is 15.5 Å². The summed E-state index contributed by atoms with van der Waals surface area (Å²) < 4.78 is 10.6. The molecule has 2 N–H and O–H groups in total. The maximum absolute atomic E-state index is 11.5. The Kier molecular flexibility index (Phi) is 7.76. The molecule has 0 bridgehead atoms. The number of nitrogens with one attached hydrogen (secondary N) is 2. The molecule has 0 atom stereocenters. The van der Waals surface area contributed by atoms with Gasteiger partial charge in [0.1, 0.15) is 12.4 Å². The predicted molar refractivity (Wildman–Crippen MR) is 110 cm³/mol. The molecule has 2 aromatic rings. The molecule has 0 heterocycles. The fourth-order valence-corrected chi connectivity index (χ4v) is 2.48. The molecule has 0 amide bonds. The third-order valence-electron chi connectivity index (χ3n) is 3.48. The van der Waals surface area contributed by atoms with E-state index in [0.29, 0.717) is 23.0 Å². The van der Waals surface area contributed by atoms with Gasteiger partial charge in [-0.05, 0) is 55.9 Å². The van der Waals surface area contributed by atoms with Crippen LogP contribution in [0.3, 0.4) is 0 Å². The minimum Gasteiger partial charge on any atom is -0.488 e. The summed E-state index contributed by atoms with van der Waals surface area (Å²) in [4.78, 5) is 11.5. The summed E-state index contributed by atoms with van der Waals surface area (Å²) in [6.07, 6.45) is 1.66. The summed E-state index contributed by atoms with van der Waals surface area (Å²) in [6.45, 7) is 4.37. The van der Waals surface area contributed by atoms with Crippen LogP contribution in [-0.4, -0.2) is 30.4 Å². The van der Waals surface area contributed by atoms with Crippen LogP contribution >= 0.6 is 12.2 Å². The van der Waals surface area contributed by atoms with E-state index in [1.165, 1.54) is 7.11 Å². The van der Waals surface area contributed by atoms with Crippen LogP contribution in [0.4, 0.5) is 0 Å². The molecule has 27 heavy (non-hydrogen) atoms. The molecule has 2 rings (SSSR count). The zero-order valence-electron chi connectivity index (χ0n) is 15.6. The minimum atomic E-state index is -0.360. The molecular weight excluding hydrogens is 362 g/mol. The first-order chi connectivity index (χ1) is 13.0. The highest BCUT2D eigenvalue weighted by atomic mass is 32.1. The van der Waals surface area contributed by atoms with Gasteiger partial charge in [-0.1, -0.05) is 24.3 Å². The molecule has 7 heteroatoms. The topological polar surface area (TPSA) is 72.0 Å². The molecule has 0 spiro atoms. The summed E-state index contributed by atoms with van der Waals surface area (Å²) >= 11 is 5.13. The highest BCUT2D eigenvalue weighted by Gasteiger charge is 2.06. The molecule has 6 nitrogen and oxygen atoms in total. The van der Waals surface area contributed by atoms with Crippen molar-refractivity contribution in [3.8, 4) is 5.75 Å². The van der Waals surface area contributed by atoms with Crippen LogP contribution in [-0.2, 0) is 11.3 Å². The molecule has 0 saturated carbocycles. The predicted octanol–water partition coefficient (Wildman–Crippen LogP) is 3.26.